The van der Waals surface area contributed by atoms with Gasteiger partial charge in [0.05, 0.1) is 26.4 Å². The zero-order valence-corrected chi connectivity index (χ0v) is 20.6. The van der Waals surface area contributed by atoms with Crippen LogP contribution in [0.25, 0.3) is 0 Å². The summed E-state index contributed by atoms with van der Waals surface area (Å²) in [5.41, 5.74) is 7.42. The van der Waals surface area contributed by atoms with Crippen molar-refractivity contribution in [3.05, 3.63) is 12.2 Å². The topological polar surface area (TPSA) is 114 Å². The van der Waals surface area contributed by atoms with Crippen LogP contribution in [0.4, 0.5) is 4.70 Å². The number of amides is 1. The van der Waals surface area contributed by atoms with E-state index in [1.807, 2.05) is 6.92 Å². The molecule has 0 bridgehead atoms. The van der Waals surface area contributed by atoms with Gasteiger partial charge in [-0.1, -0.05) is 83.0 Å². The molecule has 0 aliphatic carbocycles. The van der Waals surface area contributed by atoms with E-state index in [9.17, 15) is 4.79 Å². The number of aliphatic hydroxyl groups excluding tert-OH is 2. The number of hydrogen-bond donors (Lipinski definition) is 4. The number of nitrogens with one attached hydrogen (secondary N) is 1. The van der Waals surface area contributed by atoms with Crippen LogP contribution in [0.3, 0.4) is 0 Å². The Labute approximate surface area is 195 Å². The van der Waals surface area contributed by atoms with Gasteiger partial charge in [0.15, 0.2) is 0 Å². The zero-order chi connectivity index (χ0) is 23.4. The Hall–Kier alpha value is -1.06. The summed E-state index contributed by atoms with van der Waals surface area (Å²) in [5.74, 6) is -0.0302. The molecule has 0 aliphatic heterocycles. The molecule has 194 valence electrons. The summed E-state index contributed by atoms with van der Waals surface area (Å²) in [7, 11) is 0. The second kappa shape index (κ2) is 32.1. The molecule has 5 N–H and O–H groups in total. The van der Waals surface area contributed by atoms with Crippen LogP contribution in [0.1, 0.15) is 104 Å². The van der Waals surface area contributed by atoms with Gasteiger partial charge in [-0.3, -0.25) is 19.2 Å². The van der Waals surface area contributed by atoms with E-state index in [1.165, 1.54) is 70.6 Å². The minimum atomic E-state index is -0.125. The zero-order valence-electron chi connectivity index (χ0n) is 20.6. The van der Waals surface area contributed by atoms with Crippen molar-refractivity contribution in [3.63, 3.8) is 0 Å². The number of halogens is 1. The molecule has 1 amide bonds. The fourth-order valence-electron chi connectivity index (χ4n) is 3.05. The van der Waals surface area contributed by atoms with E-state index in [2.05, 4.69) is 34.4 Å². The van der Waals surface area contributed by atoms with Crippen molar-refractivity contribution in [3.8, 4) is 0 Å². The predicted molar refractivity (Wildman–Crippen MR) is 130 cm³/mol. The Morgan fingerprint density at radius 1 is 0.844 bits per heavy atom. The maximum atomic E-state index is 11.1. The summed E-state index contributed by atoms with van der Waals surface area (Å²) in [6.45, 7) is 4.54. The molecular weight excluding hydrogens is 415 g/mol. The third-order valence-electron chi connectivity index (χ3n) is 4.96. The number of carbonyl (C=O) groups excluding carboxylic acids is 1. The van der Waals surface area contributed by atoms with Crippen LogP contribution in [-0.2, 0) is 14.5 Å². The van der Waals surface area contributed by atoms with Crippen LogP contribution in [-0.4, -0.2) is 42.5 Å². The second-order valence-corrected chi connectivity index (χ2v) is 7.75. The molecule has 0 aliphatic rings. The van der Waals surface area contributed by atoms with Crippen molar-refractivity contribution in [2.45, 2.75) is 104 Å². The Balaban J connectivity index is -0.000000710. The highest BCUT2D eigenvalue weighted by Gasteiger charge is 2.11. The molecule has 0 aromatic heterocycles. The minimum Gasteiger partial charge on any atom is -0.394 e. The van der Waals surface area contributed by atoms with Crippen molar-refractivity contribution in [2.24, 2.45) is 11.7 Å². The van der Waals surface area contributed by atoms with Crippen molar-refractivity contribution >= 4 is 5.91 Å². The summed E-state index contributed by atoms with van der Waals surface area (Å²) >= 11 is 0. The predicted octanol–water partition coefficient (Wildman–Crippen LogP) is 4.72. The van der Waals surface area contributed by atoms with E-state index in [1.54, 1.807) is 0 Å². The molecule has 1 atom stereocenters. The fourth-order valence-corrected chi connectivity index (χ4v) is 3.05. The maximum absolute atomic E-state index is 11.1. The number of aliphatic hydroxyl groups is 2. The fraction of sp³-hybridized carbons (Fsp3) is 0.875. The average molecular weight is 467 g/mol. The molecule has 7 nitrogen and oxygen atoms in total. The molecule has 0 aromatic carbocycles. The van der Waals surface area contributed by atoms with Gasteiger partial charge in [0.25, 0.3) is 0 Å². The Morgan fingerprint density at radius 3 is 1.75 bits per heavy atom. The monoisotopic (exact) mass is 466 g/mol. The molecule has 32 heavy (non-hydrogen) atoms. The van der Waals surface area contributed by atoms with Crippen molar-refractivity contribution < 1.29 is 29.4 Å². The van der Waals surface area contributed by atoms with Gasteiger partial charge in [-0.05, 0) is 38.5 Å². The number of unbranched alkanes of at least 4 members (excludes halogenated alkanes) is 10. The highest BCUT2D eigenvalue weighted by Crippen LogP contribution is 2.14. The highest BCUT2D eigenvalue weighted by atomic mass is 19.0. The van der Waals surface area contributed by atoms with E-state index in [-0.39, 0.29) is 43.0 Å². The van der Waals surface area contributed by atoms with Gasteiger partial charge in [-0.2, -0.15) is 0 Å². The summed E-state index contributed by atoms with van der Waals surface area (Å²) in [5, 5.41) is 16.3. The lowest BCUT2D eigenvalue weighted by Crippen LogP contribution is -2.22. The first-order valence-electron chi connectivity index (χ1n) is 12.3. The van der Waals surface area contributed by atoms with Crippen molar-refractivity contribution in [2.75, 3.05) is 26.4 Å². The smallest absolute Gasteiger partial charge is 0.220 e. The van der Waals surface area contributed by atoms with Crippen LogP contribution in [0, 0.1) is 5.92 Å². The lowest BCUT2D eigenvalue weighted by Gasteiger charge is -2.09. The lowest BCUT2D eigenvalue weighted by molar-refractivity contribution is -0.178. The first-order valence-corrected chi connectivity index (χ1v) is 12.3. The van der Waals surface area contributed by atoms with Crippen LogP contribution < -0.4 is 11.4 Å². The Morgan fingerprint density at radius 2 is 1.31 bits per heavy atom. The van der Waals surface area contributed by atoms with Crippen LogP contribution in [0.15, 0.2) is 12.2 Å². The summed E-state index contributed by atoms with van der Waals surface area (Å²) in [6.07, 6.45) is 22.3. The molecule has 0 spiro atoms. The highest BCUT2D eigenvalue weighted by molar-refractivity contribution is 5.76. The number of rotatable bonds is 22. The van der Waals surface area contributed by atoms with Gasteiger partial charge in [0, 0.05) is 5.92 Å². The quantitative estimate of drug-likeness (QED) is 0.104. The third kappa shape index (κ3) is 31.1. The number of primary amides is 1. The first-order chi connectivity index (χ1) is 15.1. The molecule has 8 heteroatoms. The molecule has 0 saturated heterocycles. The summed E-state index contributed by atoms with van der Waals surface area (Å²) in [4.78, 5) is 20.0. The van der Waals surface area contributed by atoms with Gasteiger partial charge < -0.3 is 15.9 Å². The molecule has 0 heterocycles. The van der Waals surface area contributed by atoms with Crippen LogP contribution in [0.5, 0.6) is 0 Å². The molecular formula is C24H51FN2O5. The number of hydrogen-bond acceptors (Lipinski definition) is 6. The van der Waals surface area contributed by atoms with E-state index in [0.717, 1.165) is 19.3 Å². The largest absolute Gasteiger partial charge is 0.394 e. The second-order valence-electron chi connectivity index (χ2n) is 7.75. The van der Waals surface area contributed by atoms with Gasteiger partial charge in [0.2, 0.25) is 5.91 Å². The Kier molecular flexibility index (Phi) is 35.7. The van der Waals surface area contributed by atoms with Gasteiger partial charge in [-0.15, -0.1) is 0 Å². The van der Waals surface area contributed by atoms with E-state index in [0.29, 0.717) is 0 Å². The van der Waals surface area contributed by atoms with Crippen LogP contribution in [0.2, 0.25) is 0 Å². The van der Waals surface area contributed by atoms with E-state index < -0.39 is 0 Å². The van der Waals surface area contributed by atoms with E-state index >= 15 is 0 Å². The SMILES string of the molecule is CCCCCCCC/C=C\CCCCCCC(CC)C(N)=O.F.OCCONOCCO. The minimum absolute atomic E-state index is 0. The standard InChI is InChI=1S/C20H39NO.C4H11NO4.FH/c1-3-5-6-7-8-9-10-11-12-13-14-15-16-17-18-19(4-2)20(21)22;6-1-3-8-5-9-4-2-7;/h11-12,19H,3-10,13-18H2,1-2H3,(H2,21,22);5-7H,1-4H2;1H/b12-11-;;. The normalized spacial score (nSPS) is 11.6. The van der Waals surface area contributed by atoms with E-state index in [4.69, 9.17) is 15.9 Å². The van der Waals surface area contributed by atoms with Crippen molar-refractivity contribution in [1.82, 2.24) is 5.64 Å². The van der Waals surface area contributed by atoms with Gasteiger partial charge in [-0.25, -0.2) is 0 Å². The first kappa shape index (κ1) is 35.5. The molecule has 0 rings (SSSR count). The molecule has 0 radical (unpaired) electrons. The number of carbonyl (C=O) groups is 1. The molecule has 0 saturated carbocycles. The van der Waals surface area contributed by atoms with Crippen LogP contribution >= 0.6 is 0 Å². The number of nitrogens with two attached hydrogens (primary N) is 1. The molecule has 0 aromatic rings. The summed E-state index contributed by atoms with van der Waals surface area (Å²) in [6, 6.07) is 0. The maximum Gasteiger partial charge on any atom is 0.220 e. The average Bonchev–Trinajstić information content (AvgIpc) is 2.76. The summed E-state index contributed by atoms with van der Waals surface area (Å²) < 4.78 is 0. The lowest BCUT2D eigenvalue weighted by atomic mass is 9.97. The van der Waals surface area contributed by atoms with Crippen molar-refractivity contribution in [1.29, 1.82) is 0 Å². The van der Waals surface area contributed by atoms with Gasteiger partial charge in [0.1, 0.15) is 0 Å². The third-order valence-corrected chi connectivity index (χ3v) is 4.96. The molecule has 1 unspecified atom stereocenters. The molecule has 0 fully saturated rings. The number of allylic oxidation sites excluding steroid dienone is 2. The Bertz CT molecular complexity index is 381. The van der Waals surface area contributed by atoms with Gasteiger partial charge >= 0.3 is 0 Å².